The molecular weight excluding hydrogens is 235 g/mol. The maximum atomic E-state index is 13.6. The van der Waals surface area contributed by atoms with Gasteiger partial charge < -0.3 is 10.0 Å². The molecule has 1 amide bonds. The Morgan fingerprint density at radius 1 is 1.56 bits per heavy atom. The van der Waals surface area contributed by atoms with E-state index < -0.39 is 11.7 Å². The SMILES string of the molecule is N#CCCN(C(=O)c1c(O)cccc1F)C1CC1. The van der Waals surface area contributed by atoms with Crippen LogP contribution in [0.15, 0.2) is 18.2 Å². The summed E-state index contributed by atoms with van der Waals surface area (Å²) in [6.45, 7) is 0.272. The number of carbonyl (C=O) groups excluding carboxylic acids is 1. The van der Waals surface area contributed by atoms with Crippen LogP contribution in [0.1, 0.15) is 29.6 Å². The summed E-state index contributed by atoms with van der Waals surface area (Å²) >= 11 is 0. The minimum Gasteiger partial charge on any atom is -0.507 e. The van der Waals surface area contributed by atoms with Gasteiger partial charge in [-0.15, -0.1) is 0 Å². The minimum atomic E-state index is -0.734. The van der Waals surface area contributed by atoms with Gasteiger partial charge in [0.1, 0.15) is 17.1 Å². The summed E-state index contributed by atoms with van der Waals surface area (Å²) in [5.74, 6) is -1.63. The second-order valence-electron chi connectivity index (χ2n) is 4.27. The Hall–Kier alpha value is -2.09. The molecule has 94 valence electrons. The maximum absolute atomic E-state index is 13.6. The van der Waals surface area contributed by atoms with E-state index in [1.54, 1.807) is 0 Å². The van der Waals surface area contributed by atoms with Crippen molar-refractivity contribution in [1.29, 1.82) is 5.26 Å². The van der Waals surface area contributed by atoms with E-state index in [2.05, 4.69) is 0 Å². The molecule has 0 bridgehead atoms. The Morgan fingerprint density at radius 3 is 2.83 bits per heavy atom. The van der Waals surface area contributed by atoms with Crippen molar-refractivity contribution in [1.82, 2.24) is 4.90 Å². The number of amides is 1. The number of hydrogen-bond acceptors (Lipinski definition) is 3. The lowest BCUT2D eigenvalue weighted by Gasteiger charge is -2.21. The molecule has 1 N–H and O–H groups in total. The monoisotopic (exact) mass is 248 g/mol. The van der Waals surface area contributed by atoms with Gasteiger partial charge in [0.05, 0.1) is 12.5 Å². The van der Waals surface area contributed by atoms with E-state index in [0.29, 0.717) is 0 Å². The van der Waals surface area contributed by atoms with Crippen LogP contribution < -0.4 is 0 Å². The summed E-state index contributed by atoms with van der Waals surface area (Å²) in [4.78, 5) is 13.7. The highest BCUT2D eigenvalue weighted by atomic mass is 19.1. The summed E-state index contributed by atoms with van der Waals surface area (Å²) < 4.78 is 13.6. The van der Waals surface area contributed by atoms with Crippen molar-refractivity contribution in [3.05, 3.63) is 29.6 Å². The third-order valence-electron chi connectivity index (χ3n) is 2.92. The highest BCUT2D eigenvalue weighted by Crippen LogP contribution is 2.31. The third-order valence-corrected chi connectivity index (χ3v) is 2.92. The number of aromatic hydroxyl groups is 1. The zero-order chi connectivity index (χ0) is 13.1. The minimum absolute atomic E-state index is 0.0739. The Bertz CT molecular complexity index is 486. The molecule has 0 saturated heterocycles. The van der Waals surface area contributed by atoms with Crippen molar-refractivity contribution < 1.29 is 14.3 Å². The van der Waals surface area contributed by atoms with Gasteiger partial charge in [-0.25, -0.2) is 4.39 Å². The van der Waals surface area contributed by atoms with Gasteiger partial charge in [0.15, 0.2) is 0 Å². The summed E-state index contributed by atoms with van der Waals surface area (Å²) in [6, 6.07) is 5.81. The number of hydrogen-bond donors (Lipinski definition) is 1. The molecule has 1 saturated carbocycles. The first-order valence-electron chi connectivity index (χ1n) is 5.80. The number of nitriles is 1. The lowest BCUT2D eigenvalue weighted by Crippen LogP contribution is -2.34. The van der Waals surface area contributed by atoms with Crippen molar-refractivity contribution >= 4 is 5.91 Å². The van der Waals surface area contributed by atoms with Crippen LogP contribution in [0, 0.1) is 17.1 Å². The van der Waals surface area contributed by atoms with Crippen molar-refractivity contribution in [2.24, 2.45) is 0 Å². The summed E-state index contributed by atoms with van der Waals surface area (Å²) in [5.41, 5.74) is -0.303. The molecule has 5 heteroatoms. The van der Waals surface area contributed by atoms with Crippen molar-refractivity contribution in [3.63, 3.8) is 0 Å². The van der Waals surface area contributed by atoms with Gasteiger partial charge in [0.25, 0.3) is 5.91 Å². The van der Waals surface area contributed by atoms with Gasteiger partial charge in [0.2, 0.25) is 0 Å². The maximum Gasteiger partial charge on any atom is 0.260 e. The molecule has 2 rings (SSSR count). The Morgan fingerprint density at radius 2 is 2.28 bits per heavy atom. The fourth-order valence-electron chi connectivity index (χ4n) is 1.87. The van der Waals surface area contributed by atoms with E-state index in [-0.39, 0.29) is 30.3 Å². The first kappa shape index (κ1) is 12.4. The molecular formula is C13H13FN2O2. The van der Waals surface area contributed by atoms with Crippen LogP contribution in [0.3, 0.4) is 0 Å². The van der Waals surface area contributed by atoms with Gasteiger partial charge >= 0.3 is 0 Å². The Labute approximate surface area is 104 Å². The number of carbonyl (C=O) groups is 1. The molecule has 1 aliphatic rings. The lowest BCUT2D eigenvalue weighted by molar-refractivity contribution is 0.0739. The fourth-order valence-corrected chi connectivity index (χ4v) is 1.87. The van der Waals surface area contributed by atoms with Crippen LogP contribution in [0.2, 0.25) is 0 Å². The zero-order valence-electron chi connectivity index (χ0n) is 9.77. The van der Waals surface area contributed by atoms with Gasteiger partial charge in [0, 0.05) is 12.6 Å². The van der Waals surface area contributed by atoms with Crippen LogP contribution in [-0.4, -0.2) is 28.5 Å². The molecule has 0 aliphatic heterocycles. The van der Waals surface area contributed by atoms with Gasteiger partial charge in [-0.1, -0.05) is 6.07 Å². The lowest BCUT2D eigenvalue weighted by atomic mass is 10.1. The molecule has 1 aromatic carbocycles. The molecule has 0 unspecified atom stereocenters. The first-order valence-corrected chi connectivity index (χ1v) is 5.80. The summed E-state index contributed by atoms with van der Waals surface area (Å²) in [6.07, 6.45) is 1.94. The van der Waals surface area contributed by atoms with E-state index in [9.17, 15) is 14.3 Å². The second kappa shape index (κ2) is 5.05. The summed E-state index contributed by atoms with van der Waals surface area (Å²) in [7, 11) is 0. The number of rotatable bonds is 4. The van der Waals surface area contributed by atoms with E-state index in [1.807, 2.05) is 6.07 Å². The topological polar surface area (TPSA) is 64.3 Å². The van der Waals surface area contributed by atoms with E-state index in [1.165, 1.54) is 17.0 Å². The summed E-state index contributed by atoms with van der Waals surface area (Å²) in [5, 5.41) is 18.2. The molecule has 1 aliphatic carbocycles. The van der Waals surface area contributed by atoms with Gasteiger partial charge in [-0.3, -0.25) is 4.79 Å². The standard InChI is InChI=1S/C13H13FN2O2/c14-10-3-1-4-11(17)12(10)13(18)16(8-2-7-15)9-5-6-9/h1,3-4,9,17H,2,5-6,8H2. The number of halogens is 1. The van der Waals surface area contributed by atoms with Crippen LogP contribution >= 0.6 is 0 Å². The van der Waals surface area contributed by atoms with E-state index in [4.69, 9.17) is 5.26 Å². The molecule has 4 nitrogen and oxygen atoms in total. The highest BCUT2D eigenvalue weighted by molar-refractivity contribution is 5.97. The molecule has 0 spiro atoms. The van der Waals surface area contributed by atoms with Crippen LogP contribution in [0.5, 0.6) is 5.75 Å². The number of nitrogens with zero attached hydrogens (tertiary/aromatic N) is 2. The Kier molecular flexibility index (Phi) is 3.47. The molecule has 0 heterocycles. The predicted molar refractivity (Wildman–Crippen MR) is 62.4 cm³/mol. The second-order valence-corrected chi connectivity index (χ2v) is 4.27. The molecule has 0 aromatic heterocycles. The molecule has 1 aromatic rings. The first-order chi connectivity index (χ1) is 8.65. The van der Waals surface area contributed by atoms with Crippen molar-refractivity contribution in [3.8, 4) is 11.8 Å². The average Bonchev–Trinajstić information content (AvgIpc) is 3.14. The molecule has 0 atom stereocenters. The number of phenolic OH excluding ortho intramolecular Hbond substituents is 1. The normalized spacial score (nSPS) is 14.0. The zero-order valence-corrected chi connectivity index (χ0v) is 9.77. The molecule has 18 heavy (non-hydrogen) atoms. The predicted octanol–water partition coefficient (Wildman–Crippen LogP) is 2.05. The van der Waals surface area contributed by atoms with Gasteiger partial charge in [-0.05, 0) is 25.0 Å². The number of phenols is 1. The average molecular weight is 248 g/mol. The quantitative estimate of drug-likeness (QED) is 0.886. The highest BCUT2D eigenvalue weighted by Gasteiger charge is 2.34. The van der Waals surface area contributed by atoms with Crippen LogP contribution in [0.25, 0.3) is 0 Å². The van der Waals surface area contributed by atoms with Crippen LogP contribution in [0.4, 0.5) is 4.39 Å². The van der Waals surface area contributed by atoms with E-state index in [0.717, 1.165) is 18.9 Å². The van der Waals surface area contributed by atoms with Crippen LogP contribution in [-0.2, 0) is 0 Å². The number of benzene rings is 1. The third kappa shape index (κ3) is 2.43. The fraction of sp³-hybridized carbons (Fsp3) is 0.385. The van der Waals surface area contributed by atoms with Crippen molar-refractivity contribution in [2.75, 3.05) is 6.54 Å². The van der Waals surface area contributed by atoms with Crippen molar-refractivity contribution in [2.45, 2.75) is 25.3 Å². The van der Waals surface area contributed by atoms with E-state index >= 15 is 0 Å². The molecule has 0 radical (unpaired) electrons. The Balaban J connectivity index is 2.25. The van der Waals surface area contributed by atoms with Gasteiger partial charge in [-0.2, -0.15) is 5.26 Å². The smallest absolute Gasteiger partial charge is 0.260 e. The largest absolute Gasteiger partial charge is 0.507 e. The molecule has 1 fully saturated rings.